The van der Waals surface area contributed by atoms with Crippen molar-refractivity contribution in [2.45, 2.75) is 31.9 Å². The van der Waals surface area contributed by atoms with Gasteiger partial charge in [-0.3, -0.25) is 4.79 Å². The van der Waals surface area contributed by atoms with E-state index in [1.165, 1.54) is 0 Å². The topological polar surface area (TPSA) is 38.8 Å². The first-order valence-electron chi connectivity index (χ1n) is 6.90. The zero-order chi connectivity index (χ0) is 14.3. The van der Waals surface area contributed by atoms with Crippen LogP contribution in [0.3, 0.4) is 0 Å². The summed E-state index contributed by atoms with van der Waals surface area (Å²) in [6.07, 6.45) is 1.55. The number of nitrogens with zero attached hydrogens (tertiary/aromatic N) is 1. The molecule has 1 aliphatic heterocycles. The van der Waals surface area contributed by atoms with E-state index in [1.807, 2.05) is 7.05 Å². The van der Waals surface area contributed by atoms with Crippen LogP contribution >= 0.6 is 11.6 Å². The van der Waals surface area contributed by atoms with Crippen LogP contribution in [0, 0.1) is 5.92 Å². The molecular formula is C15H18ClNO3. The zero-order valence-electron chi connectivity index (χ0n) is 11.6. The molecule has 0 spiro atoms. The molecule has 1 unspecified atom stereocenters. The van der Waals surface area contributed by atoms with Crippen LogP contribution in [0.15, 0.2) is 18.2 Å². The molecule has 1 fully saturated rings. The molecular weight excluding hydrogens is 278 g/mol. The molecule has 4 nitrogen and oxygen atoms in total. The number of benzene rings is 1. The minimum atomic E-state index is -0.582. The van der Waals surface area contributed by atoms with E-state index in [0.29, 0.717) is 28.5 Å². The van der Waals surface area contributed by atoms with E-state index in [1.54, 1.807) is 23.1 Å². The fraction of sp³-hybridized carbons (Fsp3) is 0.533. The monoisotopic (exact) mass is 295 g/mol. The van der Waals surface area contributed by atoms with E-state index in [4.69, 9.17) is 21.1 Å². The molecule has 108 valence electrons. The Kier molecular flexibility index (Phi) is 3.50. The number of carbonyl (C=O) groups excluding carboxylic acids is 1. The van der Waals surface area contributed by atoms with Gasteiger partial charge in [-0.2, -0.15) is 0 Å². The summed E-state index contributed by atoms with van der Waals surface area (Å²) in [5.74, 6) is 1.86. The van der Waals surface area contributed by atoms with Gasteiger partial charge in [-0.15, -0.1) is 0 Å². The van der Waals surface area contributed by atoms with Crippen molar-refractivity contribution in [2.24, 2.45) is 5.92 Å². The van der Waals surface area contributed by atoms with Crippen LogP contribution in [0.5, 0.6) is 11.5 Å². The van der Waals surface area contributed by atoms with E-state index in [2.05, 4.69) is 6.92 Å². The molecule has 1 aromatic carbocycles. The Bertz CT molecular complexity index is 528. The van der Waals surface area contributed by atoms with Gasteiger partial charge in [0, 0.05) is 24.2 Å². The lowest BCUT2D eigenvalue weighted by Crippen LogP contribution is -2.52. The lowest BCUT2D eigenvalue weighted by molar-refractivity contribution is -0.144. The largest absolute Gasteiger partial charge is 0.485 e. The van der Waals surface area contributed by atoms with Crippen LogP contribution < -0.4 is 9.47 Å². The first kappa shape index (κ1) is 13.6. The van der Waals surface area contributed by atoms with Crippen LogP contribution in [-0.4, -0.2) is 36.6 Å². The second-order valence-corrected chi connectivity index (χ2v) is 6.12. The fourth-order valence-electron chi connectivity index (χ4n) is 2.75. The van der Waals surface area contributed by atoms with Crippen molar-refractivity contribution >= 4 is 17.5 Å². The molecule has 1 heterocycles. The van der Waals surface area contributed by atoms with Gasteiger partial charge >= 0.3 is 0 Å². The molecule has 2 aliphatic rings. The highest BCUT2D eigenvalue weighted by Crippen LogP contribution is 2.35. The molecule has 5 heteroatoms. The molecule has 1 aliphatic carbocycles. The van der Waals surface area contributed by atoms with E-state index in [-0.39, 0.29) is 12.5 Å². The highest BCUT2D eigenvalue weighted by atomic mass is 35.5. The lowest BCUT2D eigenvalue weighted by atomic mass is 9.81. The Morgan fingerprint density at radius 3 is 2.80 bits per heavy atom. The summed E-state index contributed by atoms with van der Waals surface area (Å²) in [7, 11) is 1.84. The summed E-state index contributed by atoms with van der Waals surface area (Å²) >= 11 is 5.93. The predicted molar refractivity (Wildman–Crippen MR) is 76.3 cm³/mol. The van der Waals surface area contributed by atoms with Gasteiger partial charge in [-0.25, -0.2) is 0 Å². The number of halogens is 1. The normalized spacial score (nSPS) is 27.6. The van der Waals surface area contributed by atoms with Gasteiger partial charge in [0.1, 0.15) is 6.61 Å². The molecule has 1 atom stereocenters. The third kappa shape index (κ3) is 2.44. The molecule has 3 rings (SSSR count). The average Bonchev–Trinajstić information content (AvgIpc) is 2.41. The quantitative estimate of drug-likeness (QED) is 0.842. The van der Waals surface area contributed by atoms with Crippen molar-refractivity contribution in [3.05, 3.63) is 23.2 Å². The second kappa shape index (κ2) is 5.17. The van der Waals surface area contributed by atoms with Crippen LogP contribution in [0.25, 0.3) is 0 Å². The third-order valence-electron chi connectivity index (χ3n) is 4.08. The summed E-state index contributed by atoms with van der Waals surface area (Å²) in [4.78, 5) is 14.2. The van der Waals surface area contributed by atoms with Crippen molar-refractivity contribution in [1.82, 2.24) is 4.90 Å². The highest BCUT2D eigenvalue weighted by Gasteiger charge is 2.36. The fourth-order valence-corrected chi connectivity index (χ4v) is 2.91. The summed E-state index contributed by atoms with van der Waals surface area (Å²) in [5.41, 5.74) is 0. The van der Waals surface area contributed by atoms with Gasteiger partial charge in [0.25, 0.3) is 5.91 Å². The Hall–Kier alpha value is -1.42. The number of fused-ring (bicyclic) bond motifs is 1. The molecule has 20 heavy (non-hydrogen) atoms. The van der Waals surface area contributed by atoms with Gasteiger partial charge in [0.05, 0.1) is 0 Å². The first-order valence-corrected chi connectivity index (χ1v) is 7.28. The maximum Gasteiger partial charge on any atom is 0.267 e. The highest BCUT2D eigenvalue weighted by molar-refractivity contribution is 6.30. The first-order chi connectivity index (χ1) is 9.54. The molecule has 1 saturated carbocycles. The number of rotatable bonds is 2. The minimum absolute atomic E-state index is 0.0208. The van der Waals surface area contributed by atoms with Crippen molar-refractivity contribution < 1.29 is 14.3 Å². The van der Waals surface area contributed by atoms with Crippen molar-refractivity contribution in [3.63, 3.8) is 0 Å². The van der Waals surface area contributed by atoms with E-state index >= 15 is 0 Å². The Balaban J connectivity index is 1.68. The maximum atomic E-state index is 12.4. The average molecular weight is 296 g/mol. The van der Waals surface area contributed by atoms with Crippen molar-refractivity contribution in [1.29, 1.82) is 0 Å². The van der Waals surface area contributed by atoms with Crippen LogP contribution in [0.4, 0.5) is 0 Å². The Labute approximate surface area is 123 Å². The molecule has 1 amide bonds. The smallest absolute Gasteiger partial charge is 0.267 e. The minimum Gasteiger partial charge on any atom is -0.485 e. The predicted octanol–water partition coefficient (Wildman–Crippen LogP) is 2.74. The van der Waals surface area contributed by atoms with Gasteiger partial charge in [0.15, 0.2) is 11.5 Å². The summed E-state index contributed by atoms with van der Waals surface area (Å²) in [6, 6.07) is 5.52. The van der Waals surface area contributed by atoms with Crippen LogP contribution in [-0.2, 0) is 4.79 Å². The number of likely N-dealkylation sites (N-methyl/N-ethyl adjacent to an activating group) is 1. The lowest BCUT2D eigenvalue weighted by Gasteiger charge is -2.41. The number of carbonyl (C=O) groups is 1. The number of hydrogen-bond acceptors (Lipinski definition) is 3. The molecule has 1 aromatic rings. The number of ether oxygens (including phenoxy) is 2. The number of amides is 1. The molecule has 0 radical (unpaired) electrons. The van der Waals surface area contributed by atoms with E-state index in [0.717, 1.165) is 12.8 Å². The number of hydrogen-bond donors (Lipinski definition) is 0. The van der Waals surface area contributed by atoms with Gasteiger partial charge in [0.2, 0.25) is 6.10 Å². The van der Waals surface area contributed by atoms with Gasteiger partial charge < -0.3 is 14.4 Å². The summed E-state index contributed by atoms with van der Waals surface area (Å²) in [6.45, 7) is 2.45. The standard InChI is InChI=1S/C15H18ClNO3/c1-9-5-11(6-9)17(2)15(18)14-8-19-12-4-3-10(16)7-13(12)20-14/h3-4,7,9,11,14H,5-6,8H2,1-2H3. The summed E-state index contributed by atoms with van der Waals surface area (Å²) < 4.78 is 11.3. The van der Waals surface area contributed by atoms with Crippen LogP contribution in [0.1, 0.15) is 19.8 Å². The molecule has 0 saturated heterocycles. The Morgan fingerprint density at radius 2 is 2.10 bits per heavy atom. The van der Waals surface area contributed by atoms with Gasteiger partial charge in [-0.05, 0) is 30.9 Å². The second-order valence-electron chi connectivity index (χ2n) is 5.69. The molecule has 0 aromatic heterocycles. The molecule has 0 N–H and O–H groups in total. The van der Waals surface area contributed by atoms with Crippen LogP contribution in [0.2, 0.25) is 5.02 Å². The maximum absolute atomic E-state index is 12.4. The molecule has 0 bridgehead atoms. The Morgan fingerprint density at radius 1 is 1.35 bits per heavy atom. The van der Waals surface area contributed by atoms with E-state index < -0.39 is 6.10 Å². The van der Waals surface area contributed by atoms with E-state index in [9.17, 15) is 4.79 Å². The summed E-state index contributed by atoms with van der Waals surface area (Å²) in [5, 5.41) is 0.571. The third-order valence-corrected chi connectivity index (χ3v) is 4.32. The van der Waals surface area contributed by atoms with Crippen molar-refractivity contribution in [2.75, 3.05) is 13.7 Å². The van der Waals surface area contributed by atoms with Gasteiger partial charge in [-0.1, -0.05) is 18.5 Å². The SMILES string of the molecule is CC1CC(N(C)C(=O)C2COc3ccc(Cl)cc3O2)C1. The zero-order valence-corrected chi connectivity index (χ0v) is 12.4. The van der Waals surface area contributed by atoms with Crippen molar-refractivity contribution in [3.8, 4) is 11.5 Å².